The Morgan fingerprint density at radius 3 is 2.26 bits per heavy atom. The minimum absolute atomic E-state index is 0.251. The van der Waals surface area contributed by atoms with Gasteiger partial charge in [0.2, 0.25) is 11.8 Å². The van der Waals surface area contributed by atoms with Gasteiger partial charge in [0.05, 0.1) is 18.3 Å². The van der Waals surface area contributed by atoms with Crippen molar-refractivity contribution < 1.29 is 29.3 Å². The van der Waals surface area contributed by atoms with Crippen molar-refractivity contribution in [2.24, 2.45) is 0 Å². The quantitative estimate of drug-likeness (QED) is 0.122. The number of ether oxygens (including phenoxy) is 2. The number of phenols is 2. The van der Waals surface area contributed by atoms with Gasteiger partial charge in [-0.3, -0.25) is 9.59 Å². The zero-order valence-electron chi connectivity index (χ0n) is 23.8. The van der Waals surface area contributed by atoms with E-state index in [4.69, 9.17) is 9.47 Å². The predicted octanol–water partition coefficient (Wildman–Crippen LogP) is 6.18. The van der Waals surface area contributed by atoms with Gasteiger partial charge in [-0.05, 0) is 82.2 Å². The summed E-state index contributed by atoms with van der Waals surface area (Å²) in [7, 11) is 0. The van der Waals surface area contributed by atoms with Crippen molar-refractivity contribution in [1.29, 1.82) is 0 Å². The fourth-order valence-corrected chi connectivity index (χ4v) is 3.97. The van der Waals surface area contributed by atoms with E-state index in [0.717, 1.165) is 18.6 Å². The zero-order chi connectivity index (χ0) is 28.8. The summed E-state index contributed by atoms with van der Waals surface area (Å²) in [5.74, 6) is -0.733. The first kappa shape index (κ1) is 31.7. The number of nitrogens with one attached hydrogen (secondary N) is 2. The van der Waals surface area contributed by atoms with Crippen LogP contribution >= 0.6 is 0 Å². The lowest BCUT2D eigenvalue weighted by Crippen LogP contribution is -2.52. The summed E-state index contributed by atoms with van der Waals surface area (Å²) in [5, 5.41) is 24.7. The lowest BCUT2D eigenvalue weighted by atomic mass is 10.1. The molecule has 0 aromatic heterocycles. The largest absolute Gasteiger partial charge is 0.504 e. The van der Waals surface area contributed by atoms with Crippen LogP contribution < -0.4 is 15.4 Å². The Morgan fingerprint density at radius 2 is 1.62 bits per heavy atom. The Bertz CT molecular complexity index is 1080. The van der Waals surface area contributed by atoms with Crippen LogP contribution in [0.25, 0.3) is 6.08 Å². The molecule has 0 aliphatic heterocycles. The summed E-state index contributed by atoms with van der Waals surface area (Å²) in [5.41, 5.74) is 0.556. The molecule has 0 saturated heterocycles. The van der Waals surface area contributed by atoms with Crippen LogP contribution in [0.3, 0.4) is 0 Å². The van der Waals surface area contributed by atoms with Crippen molar-refractivity contribution in [3.05, 3.63) is 54.1 Å². The molecule has 0 fully saturated rings. The molecule has 0 heterocycles. The first-order valence-electron chi connectivity index (χ1n) is 13.7. The van der Waals surface area contributed by atoms with Gasteiger partial charge in [0.1, 0.15) is 11.8 Å². The molecular formula is C31H44N2O6. The van der Waals surface area contributed by atoms with E-state index in [9.17, 15) is 19.8 Å². The Balaban J connectivity index is 1.99. The fraction of sp³-hybridized carbons (Fsp3) is 0.484. The van der Waals surface area contributed by atoms with Crippen molar-refractivity contribution in [2.45, 2.75) is 90.9 Å². The average Bonchev–Trinajstić information content (AvgIpc) is 2.87. The molecule has 0 aliphatic carbocycles. The van der Waals surface area contributed by atoms with Crippen molar-refractivity contribution in [3.63, 3.8) is 0 Å². The van der Waals surface area contributed by atoms with Crippen molar-refractivity contribution >= 4 is 23.6 Å². The molecule has 0 saturated carbocycles. The van der Waals surface area contributed by atoms with Gasteiger partial charge in [-0.15, -0.1) is 0 Å². The summed E-state index contributed by atoms with van der Waals surface area (Å²) in [4.78, 5) is 25.9. The van der Waals surface area contributed by atoms with Crippen LogP contribution in [0.4, 0.5) is 5.69 Å². The second-order valence-electron chi connectivity index (χ2n) is 10.6. The third-order valence-electron chi connectivity index (χ3n) is 5.90. The second-order valence-corrected chi connectivity index (χ2v) is 10.6. The van der Waals surface area contributed by atoms with Crippen molar-refractivity contribution in [3.8, 4) is 17.2 Å². The molecule has 0 aliphatic rings. The lowest BCUT2D eigenvalue weighted by Gasteiger charge is -2.30. The molecular weight excluding hydrogens is 496 g/mol. The van der Waals surface area contributed by atoms with Gasteiger partial charge in [-0.2, -0.15) is 0 Å². The van der Waals surface area contributed by atoms with Gasteiger partial charge < -0.3 is 30.3 Å². The topological polar surface area (TPSA) is 117 Å². The molecule has 4 N–H and O–H groups in total. The maximum absolute atomic E-state index is 13.2. The summed E-state index contributed by atoms with van der Waals surface area (Å²) in [6.45, 7) is 10.2. The van der Waals surface area contributed by atoms with Crippen LogP contribution in [0.5, 0.6) is 17.2 Å². The van der Waals surface area contributed by atoms with Crippen molar-refractivity contribution in [2.75, 3.05) is 11.9 Å². The number of rotatable bonds is 15. The van der Waals surface area contributed by atoms with E-state index >= 15 is 0 Å². The smallest absolute Gasteiger partial charge is 0.249 e. The molecule has 2 aromatic rings. The van der Waals surface area contributed by atoms with Gasteiger partial charge >= 0.3 is 0 Å². The molecule has 2 rings (SSSR count). The molecule has 39 heavy (non-hydrogen) atoms. The number of phenolic OH excluding ortho intramolecular Hbond substituents is 2. The van der Waals surface area contributed by atoms with Gasteiger partial charge in [-0.25, -0.2) is 0 Å². The molecule has 2 aromatic carbocycles. The minimum atomic E-state index is -0.974. The fourth-order valence-electron chi connectivity index (χ4n) is 3.97. The number of benzene rings is 2. The highest BCUT2D eigenvalue weighted by molar-refractivity contribution is 6.00. The van der Waals surface area contributed by atoms with Crippen LogP contribution in [-0.4, -0.2) is 46.4 Å². The van der Waals surface area contributed by atoms with Gasteiger partial charge in [0.25, 0.3) is 0 Å². The Morgan fingerprint density at radius 1 is 0.949 bits per heavy atom. The maximum atomic E-state index is 13.2. The van der Waals surface area contributed by atoms with E-state index in [1.54, 1.807) is 25.1 Å². The van der Waals surface area contributed by atoms with Gasteiger partial charge in [-0.1, -0.05) is 45.1 Å². The average molecular weight is 541 g/mol. The van der Waals surface area contributed by atoms with E-state index in [2.05, 4.69) is 17.6 Å². The number of unbranched alkanes of at least 4 members (excludes halogenated alkanes) is 5. The summed E-state index contributed by atoms with van der Waals surface area (Å²) in [6, 6.07) is 10.4. The monoisotopic (exact) mass is 540 g/mol. The molecule has 0 spiro atoms. The molecule has 8 heteroatoms. The standard InChI is InChI=1S/C31H44N2O6/c1-6-7-8-9-10-11-20-38-25-16-14-24(15-17-25)32-30(37)29(22(2)39-31(3,4)5)33-28(36)19-13-23-12-18-26(34)27(35)21-23/h12-19,21-22,29,34-35H,6-11,20H2,1-5H3,(H,32,37)(H,33,36)/b19-13+. The highest BCUT2D eigenvalue weighted by Gasteiger charge is 2.30. The predicted molar refractivity (Wildman–Crippen MR) is 155 cm³/mol. The summed E-state index contributed by atoms with van der Waals surface area (Å²) in [6.07, 6.45) is 9.29. The first-order valence-corrected chi connectivity index (χ1v) is 13.7. The van der Waals surface area contributed by atoms with Crippen LogP contribution in [-0.2, 0) is 14.3 Å². The number of hydrogen-bond donors (Lipinski definition) is 4. The van der Waals surface area contributed by atoms with E-state index in [1.165, 1.54) is 50.0 Å². The Hall–Kier alpha value is -3.52. The molecule has 2 atom stereocenters. The van der Waals surface area contributed by atoms with Crippen LogP contribution in [0.15, 0.2) is 48.5 Å². The van der Waals surface area contributed by atoms with E-state index < -0.39 is 29.6 Å². The SMILES string of the molecule is CCCCCCCCOc1ccc(NC(=O)C(NC(=O)/C=C/c2ccc(O)c(O)c2)C(C)OC(C)(C)C)cc1. The van der Waals surface area contributed by atoms with Crippen LogP contribution in [0, 0.1) is 0 Å². The highest BCUT2D eigenvalue weighted by atomic mass is 16.5. The molecule has 0 radical (unpaired) electrons. The number of carbonyl (C=O) groups is 2. The molecule has 214 valence electrons. The number of aromatic hydroxyl groups is 2. The molecule has 8 nitrogen and oxygen atoms in total. The van der Waals surface area contributed by atoms with E-state index in [-0.39, 0.29) is 11.5 Å². The molecule has 0 bridgehead atoms. The molecule has 2 unspecified atom stereocenters. The number of anilines is 1. The summed E-state index contributed by atoms with van der Waals surface area (Å²) >= 11 is 0. The first-order chi connectivity index (χ1) is 18.5. The third kappa shape index (κ3) is 12.3. The molecule has 2 amide bonds. The lowest BCUT2D eigenvalue weighted by molar-refractivity contribution is -0.131. The second kappa shape index (κ2) is 15.8. The normalized spacial score (nSPS) is 13.2. The maximum Gasteiger partial charge on any atom is 0.249 e. The summed E-state index contributed by atoms with van der Waals surface area (Å²) < 4.78 is 11.8. The number of amides is 2. The van der Waals surface area contributed by atoms with Crippen LogP contribution in [0.1, 0.15) is 78.7 Å². The Kier molecular flexibility index (Phi) is 12.8. The van der Waals surface area contributed by atoms with E-state index in [0.29, 0.717) is 17.9 Å². The number of carbonyl (C=O) groups excluding carboxylic acids is 2. The third-order valence-corrected chi connectivity index (χ3v) is 5.90. The zero-order valence-corrected chi connectivity index (χ0v) is 23.8. The van der Waals surface area contributed by atoms with Gasteiger partial charge in [0, 0.05) is 11.8 Å². The van der Waals surface area contributed by atoms with Crippen molar-refractivity contribution in [1.82, 2.24) is 5.32 Å². The minimum Gasteiger partial charge on any atom is -0.504 e. The Labute approximate surface area is 232 Å². The van der Waals surface area contributed by atoms with Gasteiger partial charge in [0.15, 0.2) is 11.5 Å². The van der Waals surface area contributed by atoms with Crippen LogP contribution in [0.2, 0.25) is 0 Å². The number of hydrogen-bond acceptors (Lipinski definition) is 6. The highest BCUT2D eigenvalue weighted by Crippen LogP contribution is 2.25. The van der Waals surface area contributed by atoms with E-state index in [1.807, 2.05) is 32.9 Å².